The summed E-state index contributed by atoms with van der Waals surface area (Å²) < 4.78 is 0. The smallest absolute Gasteiger partial charge is 0.181 e. The quantitative estimate of drug-likeness (QED) is 0.505. The molecular formula is C7H8N4OS. The highest BCUT2D eigenvalue weighted by Gasteiger charge is 2.33. The van der Waals surface area contributed by atoms with Gasteiger partial charge in [0.1, 0.15) is 5.69 Å². The third kappa shape index (κ3) is 1.34. The molecule has 1 atom stereocenters. The summed E-state index contributed by atoms with van der Waals surface area (Å²) in [7, 11) is 0. The number of nitrogens with zero attached hydrogens (tertiary/aromatic N) is 2. The summed E-state index contributed by atoms with van der Waals surface area (Å²) in [6.45, 7) is 1.58. The van der Waals surface area contributed by atoms with Crippen LogP contribution in [-0.4, -0.2) is 20.2 Å². The van der Waals surface area contributed by atoms with Crippen LogP contribution in [0.15, 0.2) is 12.4 Å². The van der Waals surface area contributed by atoms with Crippen LogP contribution in [0.5, 0.6) is 0 Å². The summed E-state index contributed by atoms with van der Waals surface area (Å²) >= 11 is 4.88. The lowest BCUT2D eigenvalue weighted by Gasteiger charge is -2.31. The van der Waals surface area contributed by atoms with Gasteiger partial charge in [0.25, 0.3) is 0 Å². The highest BCUT2D eigenvalue weighted by atomic mass is 32.1. The maximum Gasteiger partial charge on any atom is 0.181 e. The number of fused-ring (bicyclic) bond motifs is 1. The Labute approximate surface area is 80.2 Å². The molecule has 13 heavy (non-hydrogen) atoms. The molecule has 0 aromatic carbocycles. The molecule has 0 amide bonds. The van der Waals surface area contributed by atoms with Gasteiger partial charge in [0.2, 0.25) is 0 Å². The Morgan fingerprint density at radius 1 is 1.46 bits per heavy atom. The molecule has 0 saturated carbocycles. The molecule has 0 aliphatic carbocycles. The Morgan fingerprint density at radius 3 is 2.92 bits per heavy atom. The lowest BCUT2D eigenvalue weighted by atomic mass is 10.1. The van der Waals surface area contributed by atoms with E-state index in [-0.39, 0.29) is 0 Å². The molecule has 0 fully saturated rings. The topological polar surface area (TPSA) is 70.1 Å². The van der Waals surface area contributed by atoms with Gasteiger partial charge in [-0.05, 0) is 19.1 Å². The second-order valence-corrected chi connectivity index (χ2v) is 3.31. The van der Waals surface area contributed by atoms with Crippen molar-refractivity contribution < 1.29 is 5.11 Å². The molecule has 1 unspecified atom stereocenters. The average molecular weight is 196 g/mol. The number of thiocarbonyl (C=S) groups is 1. The zero-order chi connectivity index (χ0) is 9.47. The van der Waals surface area contributed by atoms with Crippen molar-refractivity contribution in [3.63, 3.8) is 0 Å². The van der Waals surface area contributed by atoms with Crippen molar-refractivity contribution in [2.45, 2.75) is 12.6 Å². The molecule has 6 heteroatoms. The van der Waals surface area contributed by atoms with E-state index >= 15 is 0 Å². The molecule has 0 radical (unpaired) electrons. The standard InChI is InChI=1S/C7H8N4OS/c1-7(12)4-5(9-3-2-8-4)10-6(13)11-7/h2-3,12H,1H3,(H2,9,10,11,13). The van der Waals surface area contributed by atoms with E-state index in [0.717, 1.165) is 0 Å². The third-order valence-electron chi connectivity index (χ3n) is 1.75. The van der Waals surface area contributed by atoms with Gasteiger partial charge >= 0.3 is 0 Å². The van der Waals surface area contributed by atoms with Crippen molar-refractivity contribution in [3.8, 4) is 0 Å². The number of hydrogen-bond donors (Lipinski definition) is 3. The number of nitrogens with one attached hydrogen (secondary N) is 2. The van der Waals surface area contributed by atoms with E-state index in [1.165, 1.54) is 12.4 Å². The van der Waals surface area contributed by atoms with Crippen LogP contribution in [0.1, 0.15) is 12.6 Å². The first-order valence-corrected chi connectivity index (χ1v) is 4.13. The summed E-state index contributed by atoms with van der Waals surface area (Å²) in [5.41, 5.74) is -0.796. The Hall–Kier alpha value is -1.27. The first kappa shape index (κ1) is 8.33. The number of anilines is 1. The molecule has 0 bridgehead atoms. The molecule has 2 heterocycles. The van der Waals surface area contributed by atoms with Gasteiger partial charge in [-0.25, -0.2) is 4.98 Å². The van der Waals surface area contributed by atoms with E-state index in [0.29, 0.717) is 16.6 Å². The maximum atomic E-state index is 9.86. The van der Waals surface area contributed by atoms with E-state index in [2.05, 4.69) is 20.6 Å². The predicted molar refractivity (Wildman–Crippen MR) is 51.0 cm³/mol. The van der Waals surface area contributed by atoms with Crippen LogP contribution in [-0.2, 0) is 5.72 Å². The molecule has 1 aromatic heterocycles. The van der Waals surface area contributed by atoms with E-state index < -0.39 is 5.72 Å². The van der Waals surface area contributed by atoms with Gasteiger partial charge in [0, 0.05) is 12.4 Å². The van der Waals surface area contributed by atoms with Crippen molar-refractivity contribution in [2.24, 2.45) is 0 Å². The van der Waals surface area contributed by atoms with Gasteiger partial charge in [-0.15, -0.1) is 0 Å². The van der Waals surface area contributed by atoms with Gasteiger partial charge in [-0.2, -0.15) is 0 Å². The van der Waals surface area contributed by atoms with Gasteiger partial charge in [-0.1, -0.05) is 0 Å². The highest BCUT2D eigenvalue weighted by molar-refractivity contribution is 7.80. The molecule has 68 valence electrons. The fraction of sp³-hybridized carbons (Fsp3) is 0.286. The van der Waals surface area contributed by atoms with Gasteiger partial charge in [0.05, 0.1) is 0 Å². The van der Waals surface area contributed by atoms with Crippen LogP contribution < -0.4 is 10.6 Å². The normalized spacial score (nSPS) is 25.8. The van der Waals surface area contributed by atoms with Crippen molar-refractivity contribution in [3.05, 3.63) is 18.1 Å². The highest BCUT2D eigenvalue weighted by Crippen LogP contribution is 2.24. The summed E-state index contributed by atoms with van der Waals surface area (Å²) in [5.74, 6) is 0.497. The lowest BCUT2D eigenvalue weighted by Crippen LogP contribution is -2.50. The number of aliphatic hydroxyl groups is 1. The third-order valence-corrected chi connectivity index (χ3v) is 1.95. The molecular weight excluding hydrogens is 188 g/mol. The Balaban J connectivity index is 2.56. The molecule has 1 aliphatic rings. The fourth-order valence-electron chi connectivity index (χ4n) is 1.20. The van der Waals surface area contributed by atoms with Crippen LogP contribution in [0.4, 0.5) is 5.82 Å². The molecule has 1 aliphatic heterocycles. The van der Waals surface area contributed by atoms with Crippen LogP contribution in [0, 0.1) is 0 Å². The second kappa shape index (κ2) is 2.61. The number of hydrogen-bond acceptors (Lipinski definition) is 4. The van der Waals surface area contributed by atoms with Gasteiger partial charge < -0.3 is 15.7 Å². The van der Waals surface area contributed by atoms with E-state index in [4.69, 9.17) is 12.2 Å². The SMILES string of the molecule is CC1(O)NC(=S)Nc2nccnc21. The largest absolute Gasteiger partial charge is 0.366 e. The first-order chi connectivity index (χ1) is 6.09. The molecule has 3 N–H and O–H groups in total. The van der Waals surface area contributed by atoms with Crippen molar-refractivity contribution >= 4 is 23.1 Å². The molecule has 0 saturated heterocycles. The van der Waals surface area contributed by atoms with Crippen LogP contribution in [0.3, 0.4) is 0 Å². The summed E-state index contributed by atoms with van der Waals surface area (Å²) in [6.07, 6.45) is 3.06. The Morgan fingerprint density at radius 2 is 2.15 bits per heavy atom. The molecule has 0 spiro atoms. The number of rotatable bonds is 0. The minimum absolute atomic E-state index is 0.345. The maximum absolute atomic E-state index is 9.86. The first-order valence-electron chi connectivity index (χ1n) is 3.72. The second-order valence-electron chi connectivity index (χ2n) is 2.90. The van der Waals surface area contributed by atoms with E-state index in [9.17, 15) is 5.11 Å². The van der Waals surface area contributed by atoms with Crippen molar-refractivity contribution in [1.82, 2.24) is 15.3 Å². The fourth-order valence-corrected chi connectivity index (χ4v) is 1.50. The molecule has 5 nitrogen and oxygen atoms in total. The van der Waals surface area contributed by atoms with Crippen molar-refractivity contribution in [2.75, 3.05) is 5.32 Å². The minimum Gasteiger partial charge on any atom is -0.366 e. The van der Waals surface area contributed by atoms with Crippen LogP contribution in [0.25, 0.3) is 0 Å². The van der Waals surface area contributed by atoms with E-state index in [1.807, 2.05) is 0 Å². The van der Waals surface area contributed by atoms with E-state index in [1.54, 1.807) is 6.92 Å². The zero-order valence-corrected chi connectivity index (χ0v) is 7.72. The Bertz CT molecular complexity index is 365. The number of aromatic nitrogens is 2. The van der Waals surface area contributed by atoms with Gasteiger partial charge in [0.15, 0.2) is 16.7 Å². The summed E-state index contributed by atoms with van der Waals surface area (Å²) in [6, 6.07) is 0. The van der Waals surface area contributed by atoms with Crippen LogP contribution in [0.2, 0.25) is 0 Å². The van der Waals surface area contributed by atoms with Crippen LogP contribution >= 0.6 is 12.2 Å². The predicted octanol–water partition coefficient (Wildman–Crippen LogP) is -0.0584. The Kier molecular flexibility index (Phi) is 1.67. The monoisotopic (exact) mass is 196 g/mol. The average Bonchev–Trinajstić information content (AvgIpc) is 2.02. The molecule has 1 aromatic rings. The van der Waals surface area contributed by atoms with Gasteiger partial charge in [-0.3, -0.25) is 4.98 Å². The summed E-state index contributed by atoms with van der Waals surface area (Å²) in [5, 5.41) is 15.7. The molecule has 2 rings (SSSR count). The van der Waals surface area contributed by atoms with Crippen molar-refractivity contribution in [1.29, 1.82) is 0 Å². The minimum atomic E-state index is -1.24. The summed E-state index contributed by atoms with van der Waals surface area (Å²) in [4.78, 5) is 8.01. The lowest BCUT2D eigenvalue weighted by molar-refractivity contribution is 0.0357. The zero-order valence-electron chi connectivity index (χ0n) is 6.90.